The summed E-state index contributed by atoms with van der Waals surface area (Å²) in [5.41, 5.74) is 0.904. The number of fused-ring (bicyclic) bond motifs is 1. The van der Waals surface area contributed by atoms with E-state index in [2.05, 4.69) is 0 Å². The van der Waals surface area contributed by atoms with Gasteiger partial charge in [0.05, 0.1) is 23.8 Å². The van der Waals surface area contributed by atoms with Crippen LogP contribution in [0.2, 0.25) is 0 Å². The Morgan fingerprint density at radius 2 is 1.48 bits per heavy atom. The molecule has 0 heterocycles. The Balaban J connectivity index is 2.54. The molecule has 110 valence electrons. The third kappa shape index (κ3) is 3.21. The van der Waals surface area contributed by atoms with Crippen LogP contribution in [0.4, 0.5) is 0 Å². The lowest BCUT2D eigenvalue weighted by Gasteiger charge is -2.12. The fourth-order valence-electron chi connectivity index (χ4n) is 2.14. The van der Waals surface area contributed by atoms with Crippen LogP contribution >= 0.6 is 0 Å². The second kappa shape index (κ2) is 6.39. The van der Waals surface area contributed by atoms with Crippen molar-refractivity contribution in [2.75, 3.05) is 6.61 Å². The van der Waals surface area contributed by atoms with Crippen LogP contribution in [0.25, 0.3) is 10.8 Å². The van der Waals surface area contributed by atoms with Gasteiger partial charge in [0.1, 0.15) is 0 Å². The number of carbonyl (C=O) groups is 2. The summed E-state index contributed by atoms with van der Waals surface area (Å²) >= 11 is 0. The monoisotopic (exact) mass is 286 g/mol. The van der Waals surface area contributed by atoms with Crippen molar-refractivity contribution in [2.24, 2.45) is 0 Å². The van der Waals surface area contributed by atoms with Crippen molar-refractivity contribution in [2.45, 2.75) is 26.9 Å². The van der Waals surface area contributed by atoms with Crippen LogP contribution < -0.4 is 0 Å². The SMILES string of the molecule is CCOC(=O)c1ccc(C(=O)OC(C)C)c2ccccc12. The Morgan fingerprint density at radius 1 is 0.952 bits per heavy atom. The molecule has 4 heteroatoms. The molecule has 0 bridgehead atoms. The molecule has 0 saturated carbocycles. The van der Waals surface area contributed by atoms with E-state index in [1.165, 1.54) is 0 Å². The van der Waals surface area contributed by atoms with Gasteiger partial charge in [-0.15, -0.1) is 0 Å². The Bertz CT molecular complexity index is 674. The summed E-state index contributed by atoms with van der Waals surface area (Å²) < 4.78 is 10.3. The first-order valence-corrected chi connectivity index (χ1v) is 6.94. The molecule has 2 aromatic rings. The molecule has 0 unspecified atom stereocenters. The standard InChI is InChI=1S/C17H18O4/c1-4-20-16(18)14-9-10-15(17(19)21-11(2)3)13-8-6-5-7-12(13)14/h5-11H,4H2,1-3H3. The summed E-state index contributed by atoms with van der Waals surface area (Å²) in [5.74, 6) is -0.783. The van der Waals surface area contributed by atoms with Crippen LogP contribution in [0.5, 0.6) is 0 Å². The van der Waals surface area contributed by atoms with Gasteiger partial charge in [0.2, 0.25) is 0 Å². The first kappa shape index (κ1) is 15.0. The molecule has 0 aromatic heterocycles. The van der Waals surface area contributed by atoms with E-state index >= 15 is 0 Å². The fourth-order valence-corrected chi connectivity index (χ4v) is 2.14. The van der Waals surface area contributed by atoms with Gasteiger partial charge in [0.25, 0.3) is 0 Å². The van der Waals surface area contributed by atoms with Crippen molar-refractivity contribution < 1.29 is 19.1 Å². The van der Waals surface area contributed by atoms with Crippen molar-refractivity contribution in [3.63, 3.8) is 0 Å². The lowest BCUT2D eigenvalue weighted by molar-refractivity contribution is 0.0379. The first-order chi connectivity index (χ1) is 10.0. The van der Waals surface area contributed by atoms with Gasteiger partial charge in [-0.1, -0.05) is 24.3 Å². The maximum Gasteiger partial charge on any atom is 0.339 e. The molecule has 0 aliphatic carbocycles. The van der Waals surface area contributed by atoms with Crippen molar-refractivity contribution in [1.82, 2.24) is 0 Å². The molecule has 0 fully saturated rings. The normalized spacial score (nSPS) is 10.7. The van der Waals surface area contributed by atoms with Crippen molar-refractivity contribution in [3.05, 3.63) is 47.5 Å². The number of ether oxygens (including phenoxy) is 2. The predicted molar refractivity (Wildman–Crippen MR) is 80.5 cm³/mol. The molecule has 2 rings (SSSR count). The van der Waals surface area contributed by atoms with Gasteiger partial charge in [0, 0.05) is 0 Å². The molecule has 0 N–H and O–H groups in total. The molecule has 0 aliphatic rings. The zero-order valence-electron chi connectivity index (χ0n) is 12.4. The summed E-state index contributed by atoms with van der Waals surface area (Å²) in [6, 6.07) is 10.5. The topological polar surface area (TPSA) is 52.6 Å². The van der Waals surface area contributed by atoms with Gasteiger partial charge in [-0.05, 0) is 43.7 Å². The average Bonchev–Trinajstić information content (AvgIpc) is 2.45. The molecular formula is C17H18O4. The number of hydrogen-bond acceptors (Lipinski definition) is 4. The zero-order chi connectivity index (χ0) is 15.4. The Morgan fingerprint density at radius 3 is 1.95 bits per heavy atom. The molecule has 21 heavy (non-hydrogen) atoms. The van der Waals surface area contributed by atoms with E-state index in [9.17, 15) is 9.59 Å². The molecule has 0 saturated heterocycles. The largest absolute Gasteiger partial charge is 0.462 e. The molecule has 0 atom stereocenters. The van der Waals surface area contributed by atoms with Gasteiger partial charge in [-0.3, -0.25) is 0 Å². The van der Waals surface area contributed by atoms with E-state index in [1.54, 1.807) is 45.0 Å². The number of hydrogen-bond donors (Lipinski definition) is 0. The van der Waals surface area contributed by atoms with Gasteiger partial charge < -0.3 is 9.47 Å². The van der Waals surface area contributed by atoms with Crippen LogP contribution in [-0.2, 0) is 9.47 Å². The summed E-state index contributed by atoms with van der Waals surface area (Å²) in [4.78, 5) is 24.1. The van der Waals surface area contributed by atoms with Crippen LogP contribution in [0.15, 0.2) is 36.4 Å². The predicted octanol–water partition coefficient (Wildman–Crippen LogP) is 3.58. The molecule has 0 aliphatic heterocycles. The molecule has 4 nitrogen and oxygen atoms in total. The maximum absolute atomic E-state index is 12.1. The Labute approximate surface area is 123 Å². The van der Waals surface area contributed by atoms with Crippen LogP contribution in [0, 0.1) is 0 Å². The Kier molecular flexibility index (Phi) is 4.58. The van der Waals surface area contributed by atoms with Gasteiger partial charge in [0.15, 0.2) is 0 Å². The highest BCUT2D eigenvalue weighted by Crippen LogP contribution is 2.24. The molecule has 0 spiro atoms. The summed E-state index contributed by atoms with van der Waals surface area (Å²) in [6.45, 7) is 5.67. The zero-order valence-corrected chi connectivity index (χ0v) is 12.4. The van der Waals surface area contributed by atoms with E-state index in [-0.39, 0.29) is 6.10 Å². The van der Waals surface area contributed by atoms with Crippen molar-refractivity contribution in [1.29, 1.82) is 0 Å². The fraction of sp³-hybridized carbons (Fsp3) is 0.294. The van der Waals surface area contributed by atoms with Crippen LogP contribution in [0.1, 0.15) is 41.5 Å². The highest BCUT2D eigenvalue weighted by Gasteiger charge is 2.18. The van der Waals surface area contributed by atoms with Crippen molar-refractivity contribution in [3.8, 4) is 0 Å². The summed E-state index contributed by atoms with van der Waals surface area (Å²) in [5, 5.41) is 1.38. The lowest BCUT2D eigenvalue weighted by atomic mass is 9.99. The minimum absolute atomic E-state index is 0.194. The number of rotatable bonds is 4. The van der Waals surface area contributed by atoms with Gasteiger partial charge >= 0.3 is 11.9 Å². The number of esters is 2. The highest BCUT2D eigenvalue weighted by molar-refractivity contribution is 6.11. The third-order valence-corrected chi connectivity index (χ3v) is 2.98. The number of benzene rings is 2. The highest BCUT2D eigenvalue weighted by atomic mass is 16.5. The van der Waals surface area contributed by atoms with Gasteiger partial charge in [-0.2, -0.15) is 0 Å². The van der Waals surface area contributed by atoms with E-state index < -0.39 is 11.9 Å². The minimum Gasteiger partial charge on any atom is -0.462 e. The van der Waals surface area contributed by atoms with Gasteiger partial charge in [-0.25, -0.2) is 9.59 Å². The summed E-state index contributed by atoms with van der Waals surface area (Å²) in [6.07, 6.45) is -0.194. The summed E-state index contributed by atoms with van der Waals surface area (Å²) in [7, 11) is 0. The van der Waals surface area contributed by atoms with E-state index in [0.717, 1.165) is 0 Å². The lowest BCUT2D eigenvalue weighted by Crippen LogP contribution is -2.13. The van der Waals surface area contributed by atoms with E-state index in [0.29, 0.717) is 28.5 Å². The molecule has 0 radical (unpaired) electrons. The smallest absolute Gasteiger partial charge is 0.339 e. The van der Waals surface area contributed by atoms with Crippen LogP contribution in [0.3, 0.4) is 0 Å². The maximum atomic E-state index is 12.1. The molecule has 0 amide bonds. The average molecular weight is 286 g/mol. The second-order valence-electron chi connectivity index (χ2n) is 4.88. The Hall–Kier alpha value is -2.36. The van der Waals surface area contributed by atoms with E-state index in [1.807, 2.05) is 12.1 Å². The van der Waals surface area contributed by atoms with Crippen molar-refractivity contribution >= 4 is 22.7 Å². The molecule has 2 aromatic carbocycles. The quantitative estimate of drug-likeness (QED) is 0.806. The minimum atomic E-state index is -0.392. The molecular weight excluding hydrogens is 268 g/mol. The second-order valence-corrected chi connectivity index (χ2v) is 4.88. The number of carbonyl (C=O) groups excluding carboxylic acids is 2. The van der Waals surface area contributed by atoms with Crippen LogP contribution in [-0.4, -0.2) is 24.6 Å². The third-order valence-electron chi connectivity index (χ3n) is 2.98. The first-order valence-electron chi connectivity index (χ1n) is 6.94. The van der Waals surface area contributed by atoms with E-state index in [4.69, 9.17) is 9.47 Å².